The average Bonchev–Trinajstić information content (AvgIpc) is 2.91. The summed E-state index contributed by atoms with van der Waals surface area (Å²) >= 11 is 0. The zero-order valence-corrected chi connectivity index (χ0v) is 12.4. The quantitative estimate of drug-likeness (QED) is 0.760. The van der Waals surface area contributed by atoms with Gasteiger partial charge in [-0.25, -0.2) is 13.1 Å². The lowest BCUT2D eigenvalue weighted by Gasteiger charge is -2.12. The lowest BCUT2D eigenvalue weighted by molar-refractivity contribution is 0.108. The molecule has 8 heteroatoms. The smallest absolute Gasteiger partial charge is 0.211 e. The van der Waals surface area contributed by atoms with Gasteiger partial charge in [-0.15, -0.1) is 5.10 Å². The van der Waals surface area contributed by atoms with Crippen LogP contribution in [0.5, 0.6) is 0 Å². The first-order valence-electron chi connectivity index (χ1n) is 6.96. The molecule has 2 aliphatic rings. The predicted molar refractivity (Wildman–Crippen MR) is 72.5 cm³/mol. The maximum atomic E-state index is 11.5. The third-order valence-electron chi connectivity index (χ3n) is 3.83. The van der Waals surface area contributed by atoms with Crippen molar-refractivity contribution in [2.75, 3.05) is 26.0 Å². The molecule has 0 spiro atoms. The fourth-order valence-electron chi connectivity index (χ4n) is 2.40. The Morgan fingerprint density at radius 3 is 2.85 bits per heavy atom. The highest BCUT2D eigenvalue weighted by atomic mass is 32.2. The topological polar surface area (TPSA) is 77.3 Å². The minimum atomic E-state index is -3.11. The van der Waals surface area contributed by atoms with Crippen molar-refractivity contribution in [3.05, 3.63) is 11.9 Å². The molecule has 2 fully saturated rings. The van der Waals surface area contributed by atoms with E-state index in [9.17, 15) is 8.42 Å². The predicted octanol–water partition coefficient (Wildman–Crippen LogP) is 0.411. The second-order valence-corrected chi connectivity index (χ2v) is 7.69. The second kappa shape index (κ2) is 5.42. The lowest BCUT2D eigenvalue weighted by Crippen LogP contribution is -2.28. The van der Waals surface area contributed by atoms with E-state index >= 15 is 0 Å². The number of nitrogens with zero attached hydrogens (tertiary/aromatic N) is 4. The van der Waals surface area contributed by atoms with Crippen molar-refractivity contribution in [2.24, 2.45) is 5.92 Å². The molecule has 1 aliphatic carbocycles. The molecule has 112 valence electrons. The molecule has 1 aromatic heterocycles. The Labute approximate surface area is 118 Å². The first kappa shape index (κ1) is 14.0. The van der Waals surface area contributed by atoms with E-state index in [-0.39, 0.29) is 6.04 Å². The van der Waals surface area contributed by atoms with Crippen LogP contribution >= 0.6 is 0 Å². The van der Waals surface area contributed by atoms with Crippen molar-refractivity contribution in [1.29, 1.82) is 0 Å². The normalized spacial score (nSPS) is 24.4. The lowest BCUT2D eigenvalue weighted by atomic mass is 10.3. The van der Waals surface area contributed by atoms with Gasteiger partial charge in [-0.3, -0.25) is 0 Å². The molecule has 20 heavy (non-hydrogen) atoms. The standard InChI is InChI=1S/C12H20N4O3S/c1-20(17,18)15-5-4-12(7-15)16-6-11(13-14-16)9-19-8-10-2-3-10/h6,10,12H,2-5,7-9H2,1H3/t12-/m0/s1. The Morgan fingerprint density at radius 1 is 1.40 bits per heavy atom. The van der Waals surface area contributed by atoms with E-state index in [2.05, 4.69) is 10.3 Å². The van der Waals surface area contributed by atoms with Crippen LogP contribution < -0.4 is 0 Å². The molecule has 0 aromatic carbocycles. The van der Waals surface area contributed by atoms with Gasteiger partial charge in [-0.05, 0) is 25.2 Å². The van der Waals surface area contributed by atoms with Crippen molar-refractivity contribution in [3.8, 4) is 0 Å². The number of ether oxygens (including phenoxy) is 1. The monoisotopic (exact) mass is 300 g/mol. The molecule has 1 atom stereocenters. The maximum absolute atomic E-state index is 11.5. The molecule has 7 nitrogen and oxygen atoms in total. The van der Waals surface area contributed by atoms with Gasteiger partial charge in [0.2, 0.25) is 10.0 Å². The summed E-state index contributed by atoms with van der Waals surface area (Å²) in [6.07, 6.45) is 6.43. The molecule has 0 bridgehead atoms. The number of hydrogen-bond acceptors (Lipinski definition) is 5. The average molecular weight is 300 g/mol. The number of hydrogen-bond donors (Lipinski definition) is 0. The Hall–Kier alpha value is -0.990. The molecule has 0 radical (unpaired) electrons. The van der Waals surface area contributed by atoms with E-state index in [1.807, 2.05) is 6.20 Å². The van der Waals surface area contributed by atoms with Gasteiger partial charge in [-0.2, -0.15) is 4.31 Å². The van der Waals surface area contributed by atoms with E-state index in [0.29, 0.717) is 19.7 Å². The molecule has 0 amide bonds. The molecule has 0 N–H and O–H groups in total. The molecule has 1 aromatic rings. The summed E-state index contributed by atoms with van der Waals surface area (Å²) in [5, 5.41) is 8.18. The van der Waals surface area contributed by atoms with Gasteiger partial charge >= 0.3 is 0 Å². The van der Waals surface area contributed by atoms with Crippen LogP contribution in [0.3, 0.4) is 0 Å². The molecule has 0 unspecified atom stereocenters. The highest BCUT2D eigenvalue weighted by molar-refractivity contribution is 7.88. The van der Waals surface area contributed by atoms with Crippen LogP contribution in [0, 0.1) is 5.92 Å². The minimum Gasteiger partial charge on any atom is -0.375 e. The van der Waals surface area contributed by atoms with Crippen LogP contribution in [0.2, 0.25) is 0 Å². The minimum absolute atomic E-state index is 0.0782. The maximum Gasteiger partial charge on any atom is 0.211 e. The Morgan fingerprint density at radius 2 is 2.20 bits per heavy atom. The van der Waals surface area contributed by atoms with Gasteiger partial charge in [0.05, 0.1) is 25.1 Å². The fourth-order valence-corrected chi connectivity index (χ4v) is 3.28. The summed E-state index contributed by atoms with van der Waals surface area (Å²) in [4.78, 5) is 0. The Bertz CT molecular complexity index is 567. The zero-order valence-electron chi connectivity index (χ0n) is 11.6. The van der Waals surface area contributed by atoms with E-state index in [1.54, 1.807) is 4.68 Å². The summed E-state index contributed by atoms with van der Waals surface area (Å²) in [5.74, 6) is 0.739. The third-order valence-corrected chi connectivity index (χ3v) is 5.10. The molecular weight excluding hydrogens is 280 g/mol. The molecule has 3 rings (SSSR count). The summed E-state index contributed by atoms with van der Waals surface area (Å²) in [5.41, 5.74) is 0.809. The third kappa shape index (κ3) is 3.36. The summed E-state index contributed by atoms with van der Waals surface area (Å²) in [6, 6.07) is 0.0782. The van der Waals surface area contributed by atoms with Gasteiger partial charge in [-0.1, -0.05) is 5.21 Å². The first-order chi connectivity index (χ1) is 9.52. The molecular formula is C12H20N4O3S. The van der Waals surface area contributed by atoms with E-state index in [4.69, 9.17) is 4.74 Å². The van der Waals surface area contributed by atoms with Crippen LogP contribution in [-0.2, 0) is 21.4 Å². The summed E-state index contributed by atoms with van der Waals surface area (Å²) in [6.45, 7) is 2.32. The van der Waals surface area contributed by atoms with Crippen molar-refractivity contribution in [3.63, 3.8) is 0 Å². The largest absolute Gasteiger partial charge is 0.375 e. The summed E-state index contributed by atoms with van der Waals surface area (Å²) in [7, 11) is -3.11. The van der Waals surface area contributed by atoms with Crippen molar-refractivity contribution >= 4 is 10.0 Å². The van der Waals surface area contributed by atoms with Crippen LogP contribution in [0.1, 0.15) is 31.0 Å². The van der Waals surface area contributed by atoms with Gasteiger partial charge in [0, 0.05) is 19.7 Å². The molecule has 2 heterocycles. The first-order valence-corrected chi connectivity index (χ1v) is 8.81. The Balaban J connectivity index is 1.54. The molecule has 1 aliphatic heterocycles. The number of sulfonamides is 1. The van der Waals surface area contributed by atoms with Crippen LogP contribution in [0.15, 0.2) is 6.20 Å². The van der Waals surface area contributed by atoms with E-state index in [0.717, 1.165) is 24.6 Å². The van der Waals surface area contributed by atoms with Gasteiger partial charge < -0.3 is 4.74 Å². The van der Waals surface area contributed by atoms with Crippen molar-refractivity contribution < 1.29 is 13.2 Å². The van der Waals surface area contributed by atoms with E-state index < -0.39 is 10.0 Å². The van der Waals surface area contributed by atoms with Crippen molar-refractivity contribution in [2.45, 2.75) is 31.9 Å². The summed E-state index contributed by atoms with van der Waals surface area (Å²) < 4.78 is 31.8. The molecule has 1 saturated carbocycles. The SMILES string of the molecule is CS(=O)(=O)N1CC[C@H](n2cc(COCC3CC3)nn2)C1. The van der Waals surface area contributed by atoms with Gasteiger partial charge in [0.15, 0.2) is 0 Å². The van der Waals surface area contributed by atoms with Crippen LogP contribution in [0.25, 0.3) is 0 Å². The highest BCUT2D eigenvalue weighted by Gasteiger charge is 2.30. The van der Waals surface area contributed by atoms with Gasteiger partial charge in [0.25, 0.3) is 0 Å². The fraction of sp³-hybridized carbons (Fsp3) is 0.833. The van der Waals surface area contributed by atoms with Crippen LogP contribution in [-0.4, -0.2) is 53.7 Å². The van der Waals surface area contributed by atoms with E-state index in [1.165, 1.54) is 23.4 Å². The zero-order chi connectivity index (χ0) is 14.2. The van der Waals surface area contributed by atoms with Gasteiger partial charge in [0.1, 0.15) is 5.69 Å². The van der Waals surface area contributed by atoms with Crippen LogP contribution in [0.4, 0.5) is 0 Å². The molecule has 1 saturated heterocycles. The number of aromatic nitrogens is 3. The Kier molecular flexibility index (Phi) is 3.78. The number of rotatable bonds is 6. The van der Waals surface area contributed by atoms with Crippen molar-refractivity contribution in [1.82, 2.24) is 19.3 Å². The second-order valence-electron chi connectivity index (χ2n) is 5.71. The highest BCUT2D eigenvalue weighted by Crippen LogP contribution is 2.29.